The fourth-order valence-electron chi connectivity index (χ4n) is 3.56. The highest BCUT2D eigenvalue weighted by molar-refractivity contribution is 7.91. The summed E-state index contributed by atoms with van der Waals surface area (Å²) in [6.07, 6.45) is 3.83. The van der Waals surface area contributed by atoms with Crippen LogP contribution in [0.2, 0.25) is 0 Å². The smallest absolute Gasteiger partial charge is 0.183 e. The highest BCUT2D eigenvalue weighted by atomic mass is 32.2. The van der Waals surface area contributed by atoms with Crippen molar-refractivity contribution in [2.24, 2.45) is 0 Å². The van der Waals surface area contributed by atoms with E-state index in [0.717, 1.165) is 54.7 Å². The summed E-state index contributed by atoms with van der Waals surface area (Å²) in [7, 11) is -0.909. The van der Waals surface area contributed by atoms with Gasteiger partial charge in [0.25, 0.3) is 0 Å². The van der Waals surface area contributed by atoms with Crippen LogP contribution in [0.1, 0.15) is 11.3 Å². The minimum atomic E-state index is -2.80. The lowest BCUT2D eigenvalue weighted by molar-refractivity contribution is 0.292. The zero-order valence-corrected chi connectivity index (χ0v) is 16.5. The van der Waals surface area contributed by atoms with Crippen molar-refractivity contribution < 1.29 is 8.42 Å². The number of hydrogen-bond donors (Lipinski definition) is 2. The van der Waals surface area contributed by atoms with Gasteiger partial charge in [-0.1, -0.05) is 0 Å². The van der Waals surface area contributed by atoms with Crippen LogP contribution in [0.4, 0.5) is 10.9 Å². The molecule has 1 saturated heterocycles. The monoisotopic (exact) mass is 396 g/mol. The normalized spacial score (nSPS) is 19.7. The van der Waals surface area contributed by atoms with Crippen molar-refractivity contribution in [2.45, 2.75) is 12.8 Å². The number of aromatic amines is 1. The van der Waals surface area contributed by atoms with Gasteiger partial charge in [0.05, 0.1) is 29.0 Å². The van der Waals surface area contributed by atoms with E-state index in [1.54, 1.807) is 11.3 Å². The predicted molar refractivity (Wildman–Crippen MR) is 105 cm³/mol. The molecule has 2 N–H and O–H groups in total. The zero-order valence-electron chi connectivity index (χ0n) is 14.9. The Morgan fingerprint density at radius 2 is 2.08 bits per heavy atom. The third-order valence-electron chi connectivity index (χ3n) is 5.05. The molecule has 0 spiro atoms. The molecule has 0 aliphatic carbocycles. The van der Waals surface area contributed by atoms with Gasteiger partial charge in [0.1, 0.15) is 5.82 Å². The van der Waals surface area contributed by atoms with Crippen LogP contribution < -0.4 is 10.2 Å². The molecule has 2 aromatic heterocycles. The number of nitrogens with one attached hydrogen (secondary N) is 2. The Hall–Kier alpha value is -1.65. The van der Waals surface area contributed by atoms with Crippen molar-refractivity contribution in [3.05, 3.63) is 11.1 Å². The van der Waals surface area contributed by atoms with Gasteiger partial charge in [-0.3, -0.25) is 5.10 Å². The molecule has 142 valence electrons. The van der Waals surface area contributed by atoms with Crippen LogP contribution in [-0.2, 0) is 16.3 Å². The van der Waals surface area contributed by atoms with E-state index in [9.17, 15) is 8.42 Å². The molecule has 2 aliphatic heterocycles. The second-order valence-electron chi connectivity index (χ2n) is 6.76. The van der Waals surface area contributed by atoms with Crippen molar-refractivity contribution in [3.63, 3.8) is 0 Å². The molecule has 4 heterocycles. The fraction of sp³-hybridized carbons (Fsp3) is 0.625. The number of rotatable bonds is 5. The number of sulfone groups is 1. The van der Waals surface area contributed by atoms with Gasteiger partial charge in [0.15, 0.2) is 15.0 Å². The van der Waals surface area contributed by atoms with Crippen LogP contribution in [0.5, 0.6) is 0 Å². The minimum absolute atomic E-state index is 0.293. The third-order valence-corrected chi connectivity index (χ3v) is 7.79. The van der Waals surface area contributed by atoms with Gasteiger partial charge in [-0.2, -0.15) is 5.10 Å². The molecule has 0 amide bonds. The number of thiazole rings is 1. The summed E-state index contributed by atoms with van der Waals surface area (Å²) in [4.78, 5) is 10.6. The van der Waals surface area contributed by atoms with Gasteiger partial charge in [-0.15, -0.1) is 11.3 Å². The lowest BCUT2D eigenvalue weighted by Gasteiger charge is -2.28. The Labute approximate surface area is 157 Å². The summed E-state index contributed by atoms with van der Waals surface area (Å²) < 4.78 is 23.1. The molecule has 10 heteroatoms. The summed E-state index contributed by atoms with van der Waals surface area (Å²) in [5, 5.41) is 11.5. The maximum atomic E-state index is 11.5. The molecule has 0 atom stereocenters. The molecular formula is C16H24N6O2S2. The fourth-order valence-corrected chi connectivity index (χ4v) is 5.76. The van der Waals surface area contributed by atoms with Crippen molar-refractivity contribution in [1.29, 1.82) is 0 Å². The lowest BCUT2D eigenvalue weighted by atomic mass is 10.2. The van der Waals surface area contributed by atoms with Gasteiger partial charge in [-0.05, 0) is 13.0 Å². The van der Waals surface area contributed by atoms with Crippen LogP contribution in [-0.4, -0.2) is 79.8 Å². The molecule has 0 radical (unpaired) electrons. The number of hydrogen-bond acceptors (Lipinski definition) is 8. The lowest BCUT2D eigenvalue weighted by Crippen LogP contribution is -2.41. The van der Waals surface area contributed by atoms with E-state index in [2.05, 4.69) is 25.3 Å². The first-order chi connectivity index (χ1) is 12.6. The molecular weight excluding hydrogens is 372 g/mol. The van der Waals surface area contributed by atoms with Crippen molar-refractivity contribution in [3.8, 4) is 11.3 Å². The quantitative estimate of drug-likeness (QED) is 0.780. The Morgan fingerprint density at radius 3 is 2.85 bits per heavy atom. The first-order valence-electron chi connectivity index (χ1n) is 8.94. The molecule has 1 fully saturated rings. The van der Waals surface area contributed by atoms with Gasteiger partial charge in [0.2, 0.25) is 0 Å². The number of fused-ring (bicyclic) bond motifs is 3. The van der Waals surface area contributed by atoms with E-state index in [1.165, 1.54) is 4.88 Å². The van der Waals surface area contributed by atoms with Crippen molar-refractivity contribution >= 4 is 32.1 Å². The van der Waals surface area contributed by atoms with E-state index in [4.69, 9.17) is 4.98 Å². The van der Waals surface area contributed by atoms with E-state index in [1.807, 2.05) is 13.2 Å². The van der Waals surface area contributed by atoms with E-state index in [0.29, 0.717) is 24.6 Å². The molecule has 8 nitrogen and oxygen atoms in total. The molecule has 0 aromatic carbocycles. The van der Waals surface area contributed by atoms with Crippen molar-refractivity contribution in [2.75, 3.05) is 61.5 Å². The molecule has 0 unspecified atom stereocenters. The SMILES string of the molecule is CNc1nc2c(s1)CCN(CCCN1CCS(=O)(=O)CC1)c1[nH]ncc1-2. The number of aromatic nitrogens is 3. The van der Waals surface area contributed by atoms with Crippen LogP contribution in [0, 0.1) is 0 Å². The van der Waals surface area contributed by atoms with E-state index in [-0.39, 0.29) is 0 Å². The predicted octanol–water partition coefficient (Wildman–Crippen LogP) is 1.06. The summed E-state index contributed by atoms with van der Waals surface area (Å²) in [6, 6.07) is 0. The maximum absolute atomic E-state index is 11.5. The molecule has 26 heavy (non-hydrogen) atoms. The van der Waals surface area contributed by atoms with E-state index >= 15 is 0 Å². The summed E-state index contributed by atoms with van der Waals surface area (Å²) in [6.45, 7) is 4.10. The summed E-state index contributed by atoms with van der Waals surface area (Å²) in [5.74, 6) is 1.63. The van der Waals surface area contributed by atoms with Crippen LogP contribution >= 0.6 is 11.3 Å². The van der Waals surface area contributed by atoms with Gasteiger partial charge < -0.3 is 15.1 Å². The maximum Gasteiger partial charge on any atom is 0.183 e. The Bertz CT molecular complexity index is 861. The molecule has 2 aliphatic rings. The molecule has 0 bridgehead atoms. The highest BCUT2D eigenvalue weighted by Gasteiger charge is 2.25. The largest absolute Gasteiger partial charge is 0.365 e. The third kappa shape index (κ3) is 3.58. The number of anilines is 2. The second-order valence-corrected chi connectivity index (χ2v) is 10.1. The number of H-pyrrole nitrogens is 1. The first-order valence-corrected chi connectivity index (χ1v) is 11.6. The molecule has 2 aromatic rings. The summed E-state index contributed by atoms with van der Waals surface area (Å²) >= 11 is 1.71. The molecule has 4 rings (SSSR count). The Morgan fingerprint density at radius 1 is 1.27 bits per heavy atom. The Kier molecular flexibility index (Phi) is 4.89. The van der Waals surface area contributed by atoms with Gasteiger partial charge in [0, 0.05) is 44.5 Å². The van der Waals surface area contributed by atoms with Gasteiger partial charge in [-0.25, -0.2) is 13.4 Å². The van der Waals surface area contributed by atoms with Crippen LogP contribution in [0.15, 0.2) is 6.20 Å². The summed E-state index contributed by atoms with van der Waals surface area (Å²) in [5.41, 5.74) is 2.10. The first kappa shape index (κ1) is 17.7. The average molecular weight is 397 g/mol. The minimum Gasteiger partial charge on any atom is -0.365 e. The van der Waals surface area contributed by atoms with E-state index < -0.39 is 9.84 Å². The average Bonchev–Trinajstić information content (AvgIpc) is 3.23. The standard InChI is InChI=1S/C16H24N6O2S2/c1-17-16-19-14-12-11-18-20-15(12)22(6-3-13(14)25-16)5-2-4-21-7-9-26(23,24)10-8-21/h11H,2-10H2,1H3,(H,17,19)(H,18,20). The van der Waals surface area contributed by atoms with Crippen LogP contribution in [0.3, 0.4) is 0 Å². The second kappa shape index (κ2) is 7.16. The highest BCUT2D eigenvalue weighted by Crippen LogP contribution is 2.38. The molecule has 0 saturated carbocycles. The van der Waals surface area contributed by atoms with Crippen molar-refractivity contribution in [1.82, 2.24) is 20.1 Å². The number of nitrogens with zero attached hydrogens (tertiary/aromatic N) is 4. The topological polar surface area (TPSA) is 94.2 Å². The Balaban J connectivity index is 1.40. The van der Waals surface area contributed by atoms with Gasteiger partial charge >= 0.3 is 0 Å². The van der Waals surface area contributed by atoms with Crippen LogP contribution in [0.25, 0.3) is 11.3 Å². The zero-order chi connectivity index (χ0) is 18.1.